The minimum Gasteiger partial charge on any atom is -0.367 e. The van der Waals surface area contributed by atoms with E-state index in [1.54, 1.807) is 24.4 Å². The number of anilines is 2. The van der Waals surface area contributed by atoms with Crippen LogP contribution in [0.4, 0.5) is 15.8 Å². The second kappa shape index (κ2) is 10.7. The van der Waals surface area contributed by atoms with Gasteiger partial charge in [-0.05, 0) is 49.2 Å². The molecular weight excluding hydrogens is 509 g/mol. The summed E-state index contributed by atoms with van der Waals surface area (Å²) in [6, 6.07) is 12.6. The number of carbonyl (C=O) groups excluding carboxylic acids is 2. The first-order chi connectivity index (χ1) is 18.2. The highest BCUT2D eigenvalue weighted by atomic mass is 32.2. The zero-order valence-corrected chi connectivity index (χ0v) is 22.0. The quantitative estimate of drug-likeness (QED) is 0.535. The van der Waals surface area contributed by atoms with Gasteiger partial charge in [0, 0.05) is 75.2 Å². The van der Waals surface area contributed by atoms with Gasteiger partial charge in [0.1, 0.15) is 5.82 Å². The predicted octanol–water partition coefficient (Wildman–Crippen LogP) is 3.08. The molecule has 0 spiro atoms. The third-order valence-electron chi connectivity index (χ3n) is 7.14. The molecule has 0 radical (unpaired) electrons. The van der Waals surface area contributed by atoms with E-state index in [2.05, 4.69) is 15.2 Å². The number of nitrogens with one attached hydrogen (secondary N) is 1. The Morgan fingerprint density at radius 3 is 2.58 bits per heavy atom. The Labute approximate surface area is 221 Å². The highest BCUT2D eigenvalue weighted by Gasteiger charge is 2.36. The van der Waals surface area contributed by atoms with Crippen LogP contribution in [-0.2, 0) is 19.6 Å². The normalized spacial score (nSPS) is 18.9. The van der Waals surface area contributed by atoms with Crippen molar-refractivity contribution in [1.82, 2.24) is 14.2 Å². The Morgan fingerprint density at radius 1 is 1.03 bits per heavy atom. The molecule has 3 aromatic rings. The van der Waals surface area contributed by atoms with Gasteiger partial charge < -0.3 is 15.1 Å². The number of fused-ring (bicyclic) bond motifs is 1. The second-order valence-corrected chi connectivity index (χ2v) is 11.7. The molecule has 0 saturated carbocycles. The van der Waals surface area contributed by atoms with Gasteiger partial charge in [0.25, 0.3) is 0 Å². The lowest BCUT2D eigenvalue weighted by Gasteiger charge is -2.39. The molecule has 11 heteroatoms. The average Bonchev–Trinajstić information content (AvgIpc) is 2.92. The number of amides is 2. The highest BCUT2D eigenvalue weighted by Crippen LogP contribution is 2.29. The highest BCUT2D eigenvalue weighted by molar-refractivity contribution is 7.89. The summed E-state index contributed by atoms with van der Waals surface area (Å²) < 4.78 is 41.7. The van der Waals surface area contributed by atoms with Gasteiger partial charge in [-0.3, -0.25) is 14.6 Å². The second-order valence-electron chi connectivity index (χ2n) is 9.72. The Morgan fingerprint density at radius 2 is 1.82 bits per heavy atom. The lowest BCUT2D eigenvalue weighted by Crippen LogP contribution is -2.53. The number of carbonyl (C=O) groups is 2. The van der Waals surface area contributed by atoms with Crippen molar-refractivity contribution in [2.45, 2.75) is 24.7 Å². The predicted molar refractivity (Wildman–Crippen MR) is 143 cm³/mol. The standard InChI is InChI=1S/C27H30FN5O4S/c1-19(34)30-22-5-2-6-23(17-22)38(36,37)33-11-3-4-20(18-33)27(35)32-14-12-31(13-15-32)26-9-10-29-25-16-21(28)7-8-24(25)26/h2,5-10,16-17,20H,3-4,11-15,18H2,1H3,(H,30,34)/t20-/m1/s1. The van der Waals surface area contributed by atoms with Crippen molar-refractivity contribution in [2.24, 2.45) is 5.92 Å². The molecule has 3 heterocycles. The molecule has 0 unspecified atom stereocenters. The Kier molecular flexibility index (Phi) is 7.31. The van der Waals surface area contributed by atoms with Crippen molar-refractivity contribution < 1.29 is 22.4 Å². The van der Waals surface area contributed by atoms with Crippen LogP contribution < -0.4 is 10.2 Å². The van der Waals surface area contributed by atoms with Crippen molar-refractivity contribution in [3.8, 4) is 0 Å². The molecule has 2 saturated heterocycles. The number of halogens is 1. The van der Waals surface area contributed by atoms with Crippen LogP contribution >= 0.6 is 0 Å². The van der Waals surface area contributed by atoms with Gasteiger partial charge in [-0.2, -0.15) is 4.31 Å². The number of rotatable bonds is 5. The van der Waals surface area contributed by atoms with E-state index in [4.69, 9.17) is 0 Å². The number of nitrogens with zero attached hydrogens (tertiary/aromatic N) is 4. The molecule has 0 aliphatic carbocycles. The van der Waals surface area contributed by atoms with Gasteiger partial charge in [-0.25, -0.2) is 12.8 Å². The van der Waals surface area contributed by atoms with Gasteiger partial charge >= 0.3 is 0 Å². The third-order valence-corrected chi connectivity index (χ3v) is 9.00. The summed E-state index contributed by atoms with van der Waals surface area (Å²) in [7, 11) is -3.82. The molecule has 9 nitrogen and oxygen atoms in total. The van der Waals surface area contributed by atoms with Crippen molar-refractivity contribution in [1.29, 1.82) is 0 Å². The molecule has 200 valence electrons. The van der Waals surface area contributed by atoms with Crippen molar-refractivity contribution in [2.75, 3.05) is 49.5 Å². The summed E-state index contributed by atoms with van der Waals surface area (Å²) in [5.41, 5.74) is 1.96. The fraction of sp³-hybridized carbons (Fsp3) is 0.370. The van der Waals surface area contributed by atoms with Gasteiger partial charge in [0.05, 0.1) is 16.3 Å². The molecule has 1 atom stereocenters. The molecule has 38 heavy (non-hydrogen) atoms. The monoisotopic (exact) mass is 539 g/mol. The molecule has 2 amide bonds. The summed E-state index contributed by atoms with van der Waals surface area (Å²) in [4.78, 5) is 33.1. The topological polar surface area (TPSA) is 103 Å². The van der Waals surface area contributed by atoms with Crippen LogP contribution in [0, 0.1) is 11.7 Å². The molecule has 2 aromatic carbocycles. The molecule has 2 aliphatic rings. The Bertz CT molecular complexity index is 1470. The number of hydrogen-bond acceptors (Lipinski definition) is 6. The summed E-state index contributed by atoms with van der Waals surface area (Å²) >= 11 is 0. The van der Waals surface area contributed by atoms with E-state index in [-0.39, 0.29) is 29.1 Å². The lowest BCUT2D eigenvalue weighted by atomic mass is 9.97. The molecule has 1 N–H and O–H groups in total. The van der Waals surface area contributed by atoms with Crippen LogP contribution in [-0.4, -0.2) is 73.7 Å². The number of aromatic nitrogens is 1. The maximum atomic E-state index is 13.6. The summed E-state index contributed by atoms with van der Waals surface area (Å²) in [5.74, 6) is -1.05. The first-order valence-corrected chi connectivity index (χ1v) is 14.1. The van der Waals surface area contributed by atoms with E-state index in [0.29, 0.717) is 56.8 Å². The Hall–Kier alpha value is -3.57. The zero-order valence-electron chi connectivity index (χ0n) is 21.1. The van der Waals surface area contributed by atoms with Crippen LogP contribution in [0.25, 0.3) is 10.9 Å². The molecular formula is C27H30FN5O4S. The van der Waals surface area contributed by atoms with Crippen LogP contribution in [0.1, 0.15) is 19.8 Å². The zero-order chi connectivity index (χ0) is 26.9. The van der Waals surface area contributed by atoms with Crippen LogP contribution in [0.5, 0.6) is 0 Å². The van der Waals surface area contributed by atoms with E-state index >= 15 is 0 Å². The minimum atomic E-state index is -3.82. The number of hydrogen-bond donors (Lipinski definition) is 1. The Balaban J connectivity index is 1.24. The molecule has 1 aromatic heterocycles. The maximum Gasteiger partial charge on any atom is 0.243 e. The number of benzene rings is 2. The minimum absolute atomic E-state index is 0.0294. The van der Waals surface area contributed by atoms with Crippen molar-refractivity contribution >= 4 is 44.1 Å². The van der Waals surface area contributed by atoms with Crippen molar-refractivity contribution in [3.63, 3.8) is 0 Å². The average molecular weight is 540 g/mol. The van der Waals surface area contributed by atoms with Crippen LogP contribution in [0.3, 0.4) is 0 Å². The number of sulfonamides is 1. The van der Waals surface area contributed by atoms with Gasteiger partial charge in [0.2, 0.25) is 21.8 Å². The van der Waals surface area contributed by atoms with Gasteiger partial charge in [-0.1, -0.05) is 6.07 Å². The number of pyridine rings is 1. The van der Waals surface area contributed by atoms with E-state index < -0.39 is 15.9 Å². The van der Waals surface area contributed by atoms with Gasteiger partial charge in [0.15, 0.2) is 0 Å². The first-order valence-electron chi connectivity index (χ1n) is 12.7. The fourth-order valence-electron chi connectivity index (χ4n) is 5.26. The smallest absolute Gasteiger partial charge is 0.243 e. The fourth-order valence-corrected chi connectivity index (χ4v) is 6.83. The summed E-state index contributed by atoms with van der Waals surface area (Å²) in [5, 5.41) is 3.48. The van der Waals surface area contributed by atoms with E-state index in [9.17, 15) is 22.4 Å². The molecule has 0 bridgehead atoms. The summed E-state index contributed by atoms with van der Waals surface area (Å²) in [6.45, 7) is 4.12. The van der Waals surface area contributed by atoms with E-state index in [0.717, 1.165) is 11.1 Å². The van der Waals surface area contributed by atoms with Gasteiger partial charge in [-0.15, -0.1) is 0 Å². The summed E-state index contributed by atoms with van der Waals surface area (Å²) in [6.07, 6.45) is 2.90. The third kappa shape index (κ3) is 5.34. The first kappa shape index (κ1) is 26.1. The van der Waals surface area contributed by atoms with E-state index in [1.165, 1.54) is 35.5 Å². The molecule has 2 fully saturated rings. The number of piperazine rings is 1. The van der Waals surface area contributed by atoms with Crippen LogP contribution in [0.15, 0.2) is 59.6 Å². The lowest BCUT2D eigenvalue weighted by molar-refractivity contribution is -0.137. The van der Waals surface area contributed by atoms with Crippen LogP contribution in [0.2, 0.25) is 0 Å². The number of piperidine rings is 1. The van der Waals surface area contributed by atoms with E-state index in [1.807, 2.05) is 11.0 Å². The maximum absolute atomic E-state index is 13.6. The SMILES string of the molecule is CC(=O)Nc1cccc(S(=O)(=O)N2CCC[C@@H](C(=O)N3CCN(c4ccnc5cc(F)ccc45)CC3)C2)c1. The van der Waals surface area contributed by atoms with Crippen molar-refractivity contribution in [3.05, 3.63) is 60.5 Å². The molecule has 2 aliphatic heterocycles. The largest absolute Gasteiger partial charge is 0.367 e. The molecule has 5 rings (SSSR count).